The van der Waals surface area contributed by atoms with Gasteiger partial charge in [-0.25, -0.2) is 4.79 Å². The van der Waals surface area contributed by atoms with E-state index in [1.165, 1.54) is 4.90 Å². The number of rotatable bonds is 5. The summed E-state index contributed by atoms with van der Waals surface area (Å²) in [5.74, 6) is -0.855. The number of primary amides is 1. The highest BCUT2D eigenvalue weighted by Crippen LogP contribution is 2.21. The molecule has 0 saturated carbocycles. The van der Waals surface area contributed by atoms with E-state index in [2.05, 4.69) is 5.32 Å². The van der Waals surface area contributed by atoms with E-state index in [4.69, 9.17) is 10.5 Å². The summed E-state index contributed by atoms with van der Waals surface area (Å²) in [6.07, 6.45) is 1.38. The van der Waals surface area contributed by atoms with Gasteiger partial charge in [0.1, 0.15) is 17.7 Å². The molecule has 1 fully saturated rings. The lowest BCUT2D eigenvalue weighted by Crippen LogP contribution is -2.55. The first-order chi connectivity index (χ1) is 10.6. The molecule has 0 bridgehead atoms. The van der Waals surface area contributed by atoms with Crippen molar-refractivity contribution in [2.75, 3.05) is 6.54 Å². The molecule has 3 amide bonds. The van der Waals surface area contributed by atoms with Gasteiger partial charge in [0.25, 0.3) is 0 Å². The van der Waals surface area contributed by atoms with Crippen molar-refractivity contribution in [3.8, 4) is 0 Å². The largest absolute Gasteiger partial charge is 0.444 e. The zero-order valence-corrected chi connectivity index (χ0v) is 14.7. The van der Waals surface area contributed by atoms with Crippen LogP contribution in [0.15, 0.2) is 0 Å². The minimum Gasteiger partial charge on any atom is -0.444 e. The van der Waals surface area contributed by atoms with E-state index < -0.39 is 29.7 Å². The number of alkyl carbamates (subject to hydrolysis) is 1. The highest BCUT2D eigenvalue weighted by Gasteiger charge is 2.38. The Labute approximate surface area is 137 Å². The fourth-order valence-electron chi connectivity index (χ4n) is 2.62. The van der Waals surface area contributed by atoms with Crippen LogP contribution in [0.1, 0.15) is 53.9 Å². The van der Waals surface area contributed by atoms with Crippen molar-refractivity contribution in [1.29, 1.82) is 0 Å². The van der Waals surface area contributed by atoms with Gasteiger partial charge in [-0.15, -0.1) is 0 Å². The molecule has 132 valence electrons. The summed E-state index contributed by atoms with van der Waals surface area (Å²) in [4.78, 5) is 37.8. The molecule has 2 unspecified atom stereocenters. The zero-order valence-electron chi connectivity index (χ0n) is 14.7. The number of hydrogen-bond acceptors (Lipinski definition) is 4. The molecule has 1 heterocycles. The average molecular weight is 327 g/mol. The van der Waals surface area contributed by atoms with E-state index >= 15 is 0 Å². The summed E-state index contributed by atoms with van der Waals surface area (Å²) in [6, 6.07) is -1.32. The zero-order chi connectivity index (χ0) is 17.8. The second-order valence-corrected chi connectivity index (χ2v) is 7.10. The van der Waals surface area contributed by atoms with Crippen LogP contribution < -0.4 is 11.1 Å². The summed E-state index contributed by atoms with van der Waals surface area (Å²) in [5, 5.41) is 2.66. The summed E-state index contributed by atoms with van der Waals surface area (Å²) in [5.41, 5.74) is 4.73. The Hall–Kier alpha value is -1.79. The van der Waals surface area contributed by atoms with Gasteiger partial charge in [0, 0.05) is 6.54 Å². The molecule has 1 aliphatic rings. The molecule has 0 radical (unpaired) electrons. The number of nitrogens with two attached hydrogens (primary N) is 1. The minimum absolute atomic E-state index is 0.0795. The van der Waals surface area contributed by atoms with Crippen LogP contribution in [0.25, 0.3) is 0 Å². The van der Waals surface area contributed by atoms with Crippen LogP contribution >= 0.6 is 0 Å². The molecule has 1 aliphatic heterocycles. The van der Waals surface area contributed by atoms with E-state index in [1.54, 1.807) is 20.8 Å². The van der Waals surface area contributed by atoms with Crippen LogP contribution in [-0.4, -0.2) is 47.0 Å². The molecular weight excluding hydrogens is 298 g/mol. The van der Waals surface area contributed by atoms with Gasteiger partial charge >= 0.3 is 6.09 Å². The Bertz CT molecular complexity index is 459. The number of carbonyl (C=O) groups excluding carboxylic acids is 3. The lowest BCUT2D eigenvalue weighted by molar-refractivity contribution is -0.140. The van der Waals surface area contributed by atoms with Crippen molar-refractivity contribution in [3.05, 3.63) is 0 Å². The van der Waals surface area contributed by atoms with E-state index in [-0.39, 0.29) is 11.8 Å². The highest BCUT2D eigenvalue weighted by molar-refractivity contribution is 5.91. The predicted molar refractivity (Wildman–Crippen MR) is 86.5 cm³/mol. The van der Waals surface area contributed by atoms with Crippen LogP contribution in [0.3, 0.4) is 0 Å². The van der Waals surface area contributed by atoms with Gasteiger partial charge in [-0.2, -0.15) is 0 Å². The second-order valence-electron chi connectivity index (χ2n) is 7.10. The van der Waals surface area contributed by atoms with Gasteiger partial charge in [0.2, 0.25) is 11.8 Å². The van der Waals surface area contributed by atoms with Crippen LogP contribution in [-0.2, 0) is 14.3 Å². The molecule has 0 aromatic heterocycles. The normalized spacial score (nSPS) is 20.7. The maximum absolute atomic E-state index is 12.8. The van der Waals surface area contributed by atoms with E-state index in [0.717, 1.165) is 6.42 Å². The third-order valence-electron chi connectivity index (χ3n) is 4.02. The molecule has 1 rings (SSSR count). The molecule has 3 atom stereocenters. The van der Waals surface area contributed by atoms with Crippen molar-refractivity contribution in [1.82, 2.24) is 10.2 Å². The van der Waals surface area contributed by atoms with Gasteiger partial charge in [0.15, 0.2) is 0 Å². The summed E-state index contributed by atoms with van der Waals surface area (Å²) in [6.45, 7) is 9.59. The first kappa shape index (κ1) is 19.3. The third-order valence-corrected chi connectivity index (χ3v) is 4.02. The van der Waals surface area contributed by atoms with Crippen LogP contribution in [0, 0.1) is 5.92 Å². The number of likely N-dealkylation sites (tertiary alicyclic amines) is 1. The van der Waals surface area contributed by atoms with Gasteiger partial charge in [-0.05, 0) is 39.5 Å². The fourth-order valence-corrected chi connectivity index (χ4v) is 2.62. The third kappa shape index (κ3) is 5.41. The monoisotopic (exact) mass is 327 g/mol. The highest BCUT2D eigenvalue weighted by atomic mass is 16.6. The summed E-state index contributed by atoms with van der Waals surface area (Å²) >= 11 is 0. The molecule has 7 nitrogen and oxygen atoms in total. The SMILES string of the molecule is CCC(C)[C@H](NC(=O)OC(C)(C)C)C(=O)N1CCCC1C(N)=O. The standard InChI is InChI=1S/C16H29N3O4/c1-6-10(2)12(18-15(22)23-16(3,4)5)14(21)19-9-7-8-11(19)13(17)20/h10-12H,6-9H2,1-5H3,(H2,17,20)(H,18,22)/t10?,11?,12-/m0/s1. The van der Waals surface area contributed by atoms with Crippen LogP contribution in [0.5, 0.6) is 0 Å². The maximum Gasteiger partial charge on any atom is 0.408 e. The average Bonchev–Trinajstić information content (AvgIpc) is 2.90. The quantitative estimate of drug-likeness (QED) is 0.797. The fraction of sp³-hybridized carbons (Fsp3) is 0.812. The number of nitrogens with one attached hydrogen (secondary N) is 1. The Kier molecular flexibility index (Phi) is 6.41. The second kappa shape index (κ2) is 7.66. The van der Waals surface area contributed by atoms with E-state index in [1.807, 2.05) is 13.8 Å². The van der Waals surface area contributed by atoms with Gasteiger partial charge in [0.05, 0.1) is 0 Å². The lowest BCUT2D eigenvalue weighted by atomic mass is 9.97. The lowest BCUT2D eigenvalue weighted by Gasteiger charge is -2.31. The topological polar surface area (TPSA) is 102 Å². The molecule has 7 heteroatoms. The number of amides is 3. The Morgan fingerprint density at radius 3 is 2.43 bits per heavy atom. The smallest absolute Gasteiger partial charge is 0.408 e. The number of nitrogens with zero attached hydrogens (tertiary/aromatic N) is 1. The first-order valence-corrected chi connectivity index (χ1v) is 8.16. The van der Waals surface area contributed by atoms with Crippen molar-refractivity contribution < 1.29 is 19.1 Å². The summed E-state index contributed by atoms with van der Waals surface area (Å²) < 4.78 is 5.24. The van der Waals surface area contributed by atoms with Crippen molar-refractivity contribution in [3.63, 3.8) is 0 Å². The molecule has 0 aliphatic carbocycles. The first-order valence-electron chi connectivity index (χ1n) is 8.16. The molecule has 0 aromatic rings. The number of carbonyl (C=O) groups is 3. The predicted octanol–water partition coefficient (Wildman–Crippen LogP) is 1.40. The Morgan fingerprint density at radius 2 is 1.96 bits per heavy atom. The molecule has 1 saturated heterocycles. The van der Waals surface area contributed by atoms with E-state index in [9.17, 15) is 14.4 Å². The van der Waals surface area contributed by atoms with Crippen molar-refractivity contribution >= 4 is 17.9 Å². The number of hydrogen-bond donors (Lipinski definition) is 2. The Balaban J connectivity index is 2.87. The van der Waals surface area contributed by atoms with Crippen molar-refractivity contribution in [2.45, 2.75) is 71.6 Å². The maximum atomic E-state index is 12.8. The van der Waals surface area contributed by atoms with Crippen LogP contribution in [0.2, 0.25) is 0 Å². The van der Waals surface area contributed by atoms with Gasteiger partial charge in [-0.1, -0.05) is 20.3 Å². The molecular formula is C16H29N3O4. The number of ether oxygens (including phenoxy) is 1. The minimum atomic E-state index is -0.727. The van der Waals surface area contributed by atoms with Crippen LogP contribution in [0.4, 0.5) is 4.79 Å². The Morgan fingerprint density at radius 1 is 1.35 bits per heavy atom. The van der Waals surface area contributed by atoms with Crippen molar-refractivity contribution in [2.24, 2.45) is 11.7 Å². The molecule has 0 aromatic carbocycles. The molecule has 3 N–H and O–H groups in total. The summed E-state index contributed by atoms with van der Waals surface area (Å²) in [7, 11) is 0. The van der Waals surface area contributed by atoms with Gasteiger partial charge in [-0.3, -0.25) is 9.59 Å². The molecule has 0 spiro atoms. The molecule has 23 heavy (non-hydrogen) atoms. The van der Waals surface area contributed by atoms with Gasteiger partial charge < -0.3 is 20.7 Å². The van der Waals surface area contributed by atoms with E-state index in [0.29, 0.717) is 19.4 Å².